The molecule has 0 saturated heterocycles. The van der Waals surface area contributed by atoms with Gasteiger partial charge in [-0.1, -0.05) is 146 Å². The highest BCUT2D eigenvalue weighted by atomic mass is 31.3. The van der Waals surface area contributed by atoms with E-state index in [1.54, 1.807) is 0 Å². The second-order valence-corrected chi connectivity index (χ2v) is 21.8. The maximum atomic E-state index is 7.48. The Morgan fingerprint density at radius 3 is 0.648 bits per heavy atom. The van der Waals surface area contributed by atoms with Gasteiger partial charge in [-0.25, -0.2) is 9.05 Å². The van der Waals surface area contributed by atoms with Gasteiger partial charge >= 0.3 is 12.8 Å². The van der Waals surface area contributed by atoms with E-state index in [2.05, 4.69) is 182 Å². The Balaban J connectivity index is 1.69. The van der Waals surface area contributed by atoms with Gasteiger partial charge in [0.05, 0.1) is 0 Å². The van der Waals surface area contributed by atoms with Crippen LogP contribution in [0.4, 0.5) is 0 Å². The van der Waals surface area contributed by atoms with Gasteiger partial charge in [0.2, 0.25) is 14.5 Å². The quantitative estimate of drug-likeness (QED) is 0.116. The molecule has 0 radical (unpaired) electrons. The minimum Gasteiger partial charge on any atom is -0.248 e. The fourth-order valence-corrected chi connectivity index (χ4v) is 23.3. The van der Waals surface area contributed by atoms with Crippen molar-refractivity contribution in [2.75, 3.05) is 0 Å². The first kappa shape index (κ1) is 35.4. The molecule has 8 rings (SSSR count). The number of hydrogen-bond donors (Lipinski definition) is 0. The molecular weight excluding hydrogens is 713 g/mol. The Morgan fingerprint density at radius 2 is 0.444 bits per heavy atom. The van der Waals surface area contributed by atoms with Crippen LogP contribution < -0.4 is 40.9 Å². The second-order valence-electron chi connectivity index (χ2n) is 12.7. The minimum atomic E-state index is -2.87. The zero-order chi connectivity index (χ0) is 36.5. The van der Waals surface area contributed by atoms with Crippen LogP contribution in [0.25, 0.3) is 0 Å². The van der Waals surface area contributed by atoms with Crippen molar-refractivity contribution in [2.24, 2.45) is 0 Å². The van der Waals surface area contributed by atoms with Crippen molar-refractivity contribution in [3.05, 3.63) is 243 Å². The Morgan fingerprint density at radius 1 is 0.259 bits per heavy atom. The summed E-state index contributed by atoms with van der Waals surface area (Å²) in [6.07, 6.45) is 0. The largest absolute Gasteiger partial charge is 0.623 e. The first-order valence-electron chi connectivity index (χ1n) is 18.1. The summed E-state index contributed by atoms with van der Waals surface area (Å²) >= 11 is 0. The van der Waals surface area contributed by atoms with E-state index in [-0.39, 0.29) is 0 Å². The zero-order valence-corrected chi connectivity index (χ0v) is 32.4. The number of rotatable bonds is 12. The van der Waals surface area contributed by atoms with Crippen molar-refractivity contribution in [3.8, 4) is 11.5 Å². The zero-order valence-electron chi connectivity index (χ0n) is 29.8. The summed E-state index contributed by atoms with van der Waals surface area (Å²) in [5.41, 5.74) is 0. The molecule has 0 fully saturated rings. The van der Waals surface area contributed by atoms with Crippen LogP contribution in [0.2, 0.25) is 0 Å². The van der Waals surface area contributed by atoms with Crippen molar-refractivity contribution < 1.29 is 9.05 Å². The molecule has 54 heavy (non-hydrogen) atoms. The SMILES string of the molecule is c1ccc(O[P+](Oc2ccccc2)=C([P+](c2ccccc2)(c2ccccc2)c2ccccc2)[P+](c2ccccc2)(c2ccccc2)c2ccccc2)cc1. The molecule has 0 unspecified atom stereocenters. The predicted molar refractivity (Wildman–Crippen MR) is 236 cm³/mol. The van der Waals surface area contributed by atoms with Crippen molar-refractivity contribution in [1.29, 1.82) is 0 Å². The van der Waals surface area contributed by atoms with Gasteiger partial charge in [-0.15, -0.1) is 0 Å². The molecule has 0 atom stereocenters. The Labute approximate surface area is 321 Å². The molecule has 0 bridgehead atoms. The molecule has 0 heterocycles. The molecule has 0 spiro atoms. The third-order valence-corrected chi connectivity index (χ3v) is 22.8. The van der Waals surface area contributed by atoms with Crippen LogP contribution in [0.1, 0.15) is 0 Å². The highest BCUT2D eigenvalue weighted by Crippen LogP contribution is 2.76. The smallest absolute Gasteiger partial charge is 0.248 e. The standard InChI is InChI=1S/C49H40O2P3/c1-9-25-41(26-10-1)50-52(51-42-27-11-2-12-28-42)49(53(43-29-13-3-14-30-43,44-31-15-4-16-32-44)45-33-17-5-18-34-45)54(46-35-19-6-20-36-46,47-37-21-7-22-38-47)48-39-23-8-24-40-48/h1-40H/q+3. The summed E-state index contributed by atoms with van der Waals surface area (Å²) in [5, 5.41) is 7.45. The Kier molecular flexibility index (Phi) is 10.9. The molecule has 8 aromatic carbocycles. The lowest BCUT2D eigenvalue weighted by atomic mass is 10.3. The van der Waals surface area contributed by atoms with Gasteiger partial charge < -0.3 is 0 Å². The lowest BCUT2D eigenvalue weighted by Gasteiger charge is -2.31. The van der Waals surface area contributed by atoms with E-state index < -0.39 is 22.5 Å². The maximum absolute atomic E-state index is 7.48. The second kappa shape index (κ2) is 16.6. The van der Waals surface area contributed by atoms with Crippen LogP contribution in [0.5, 0.6) is 11.5 Å². The monoisotopic (exact) mass is 753 g/mol. The van der Waals surface area contributed by atoms with E-state index >= 15 is 0 Å². The molecule has 2 nitrogen and oxygen atoms in total. The molecule has 0 amide bonds. The summed E-state index contributed by atoms with van der Waals surface area (Å²) in [6, 6.07) is 87.1. The van der Waals surface area contributed by atoms with Gasteiger partial charge in [0.15, 0.2) is 11.5 Å². The molecule has 260 valence electrons. The van der Waals surface area contributed by atoms with Crippen LogP contribution in [0.15, 0.2) is 243 Å². The Hall–Kier alpha value is -5.61. The molecule has 0 saturated carbocycles. The van der Waals surface area contributed by atoms with E-state index in [0.717, 1.165) is 11.5 Å². The normalized spacial score (nSPS) is 11.3. The average molecular weight is 754 g/mol. The lowest BCUT2D eigenvalue weighted by molar-refractivity contribution is 0.511. The van der Waals surface area contributed by atoms with Crippen LogP contribution in [0, 0.1) is 0 Å². The van der Waals surface area contributed by atoms with E-state index in [9.17, 15) is 0 Å². The molecular formula is C49H40O2P3+3. The van der Waals surface area contributed by atoms with E-state index in [4.69, 9.17) is 9.05 Å². The highest BCUT2D eigenvalue weighted by molar-refractivity contribution is 8.36. The first-order chi connectivity index (χ1) is 26.8. The predicted octanol–water partition coefficient (Wildman–Crippen LogP) is 10.5. The van der Waals surface area contributed by atoms with Crippen molar-refractivity contribution in [2.45, 2.75) is 0 Å². The van der Waals surface area contributed by atoms with E-state index in [1.165, 1.54) is 36.6 Å². The van der Waals surface area contributed by atoms with Gasteiger partial charge in [0.25, 0.3) is 0 Å². The van der Waals surface area contributed by atoms with Crippen LogP contribution >= 0.6 is 22.5 Å². The summed E-state index contributed by atoms with van der Waals surface area (Å²) in [7, 11) is -7.61. The molecule has 8 aromatic rings. The van der Waals surface area contributed by atoms with E-state index in [1.807, 2.05) is 60.7 Å². The Bertz CT molecular complexity index is 2030. The van der Waals surface area contributed by atoms with Gasteiger partial charge in [0, 0.05) is 0 Å². The highest BCUT2D eigenvalue weighted by Gasteiger charge is 2.75. The fraction of sp³-hybridized carbons (Fsp3) is 0. The van der Waals surface area contributed by atoms with E-state index in [0.29, 0.717) is 0 Å². The van der Waals surface area contributed by atoms with Crippen molar-refractivity contribution >= 4 is 59.1 Å². The van der Waals surface area contributed by atoms with Crippen molar-refractivity contribution in [1.82, 2.24) is 0 Å². The van der Waals surface area contributed by atoms with Crippen LogP contribution in [0.3, 0.4) is 0 Å². The molecule has 0 aliphatic heterocycles. The molecule has 0 N–H and O–H groups in total. The summed E-state index contributed by atoms with van der Waals surface area (Å²) in [5.74, 6) is 1.52. The summed E-state index contributed by atoms with van der Waals surface area (Å²) < 4.78 is 16.2. The molecule has 0 aliphatic carbocycles. The number of hydrogen-bond acceptors (Lipinski definition) is 2. The first-order valence-corrected chi connectivity index (χ1v) is 22.8. The average Bonchev–Trinajstić information content (AvgIpc) is 3.26. The number of para-hydroxylation sites is 2. The van der Waals surface area contributed by atoms with Crippen molar-refractivity contribution in [3.63, 3.8) is 0 Å². The third kappa shape index (κ3) is 6.82. The van der Waals surface area contributed by atoms with Gasteiger partial charge in [-0.05, 0) is 97.1 Å². The topological polar surface area (TPSA) is 18.5 Å². The molecule has 0 aromatic heterocycles. The third-order valence-electron chi connectivity index (χ3n) is 9.49. The van der Waals surface area contributed by atoms with Crippen LogP contribution in [-0.2, 0) is 0 Å². The molecule has 0 aliphatic rings. The van der Waals surface area contributed by atoms with Gasteiger partial charge in [-0.3, -0.25) is 0 Å². The maximum Gasteiger partial charge on any atom is 0.623 e. The lowest BCUT2D eigenvalue weighted by Crippen LogP contribution is -2.45. The summed E-state index contributed by atoms with van der Waals surface area (Å²) in [4.78, 5) is 0. The molecule has 5 heteroatoms. The van der Waals surface area contributed by atoms with Gasteiger partial charge in [-0.2, -0.15) is 0 Å². The number of benzene rings is 8. The summed E-state index contributed by atoms with van der Waals surface area (Å²) in [6.45, 7) is 0. The van der Waals surface area contributed by atoms with Crippen LogP contribution in [-0.4, -0.2) is 4.78 Å². The van der Waals surface area contributed by atoms with Gasteiger partial charge in [0.1, 0.15) is 31.8 Å². The fourth-order valence-electron chi connectivity index (χ4n) is 7.22. The minimum absolute atomic E-state index is 0.761.